The maximum Gasteiger partial charge on any atom is 0.138 e. The molecule has 2 aromatic heterocycles. The molecule has 1 atom stereocenters. The highest BCUT2D eigenvalue weighted by atomic mass is 32.1. The summed E-state index contributed by atoms with van der Waals surface area (Å²) in [4.78, 5) is 9.68. The summed E-state index contributed by atoms with van der Waals surface area (Å²) >= 11 is 1.64. The Labute approximate surface area is 117 Å². The van der Waals surface area contributed by atoms with Gasteiger partial charge in [-0.25, -0.2) is 9.97 Å². The molecule has 3 heterocycles. The van der Waals surface area contributed by atoms with Gasteiger partial charge in [0.2, 0.25) is 0 Å². The van der Waals surface area contributed by atoms with Crippen molar-refractivity contribution < 1.29 is 4.74 Å². The lowest BCUT2D eigenvalue weighted by Gasteiger charge is -2.28. The topological polar surface area (TPSA) is 47.0 Å². The SMILES string of the molecule is CC1(C)CC(Nc2ncnc3sccc23)C(C)(C)O1. The first-order chi connectivity index (χ1) is 8.87. The zero-order valence-electron chi connectivity index (χ0n) is 11.7. The Morgan fingerprint density at radius 1 is 1.32 bits per heavy atom. The average molecular weight is 277 g/mol. The van der Waals surface area contributed by atoms with Crippen molar-refractivity contribution in [2.75, 3.05) is 5.32 Å². The molecule has 0 aromatic carbocycles. The molecule has 0 saturated carbocycles. The Morgan fingerprint density at radius 3 is 2.79 bits per heavy atom. The lowest BCUT2D eigenvalue weighted by Crippen LogP contribution is -2.38. The summed E-state index contributed by atoms with van der Waals surface area (Å²) in [6, 6.07) is 2.32. The molecule has 1 fully saturated rings. The molecule has 0 radical (unpaired) electrons. The second-order valence-corrected chi connectivity index (χ2v) is 7.12. The average Bonchev–Trinajstić information content (AvgIpc) is 2.81. The van der Waals surface area contributed by atoms with Crippen molar-refractivity contribution in [2.45, 2.75) is 51.4 Å². The second-order valence-electron chi connectivity index (χ2n) is 6.23. The van der Waals surface area contributed by atoms with Crippen molar-refractivity contribution in [3.05, 3.63) is 17.8 Å². The van der Waals surface area contributed by atoms with Gasteiger partial charge in [0.1, 0.15) is 17.0 Å². The third-order valence-electron chi connectivity index (χ3n) is 3.65. The lowest BCUT2D eigenvalue weighted by molar-refractivity contribution is -0.0662. The van der Waals surface area contributed by atoms with Gasteiger partial charge >= 0.3 is 0 Å². The van der Waals surface area contributed by atoms with Gasteiger partial charge in [0.25, 0.3) is 0 Å². The largest absolute Gasteiger partial charge is 0.367 e. The number of ether oxygens (including phenoxy) is 1. The molecule has 3 rings (SSSR count). The number of fused-ring (bicyclic) bond motifs is 1. The van der Waals surface area contributed by atoms with Gasteiger partial charge < -0.3 is 10.1 Å². The van der Waals surface area contributed by atoms with Crippen LogP contribution in [0.5, 0.6) is 0 Å². The smallest absolute Gasteiger partial charge is 0.138 e. The normalized spacial score (nSPS) is 24.7. The molecule has 102 valence electrons. The van der Waals surface area contributed by atoms with Crippen molar-refractivity contribution in [2.24, 2.45) is 0 Å². The van der Waals surface area contributed by atoms with Crippen LogP contribution in [0.2, 0.25) is 0 Å². The maximum atomic E-state index is 6.11. The van der Waals surface area contributed by atoms with Gasteiger partial charge in [0, 0.05) is 0 Å². The Morgan fingerprint density at radius 2 is 2.11 bits per heavy atom. The van der Waals surface area contributed by atoms with E-state index in [1.807, 2.05) is 5.38 Å². The van der Waals surface area contributed by atoms with Gasteiger partial charge in [-0.3, -0.25) is 0 Å². The fourth-order valence-electron chi connectivity index (χ4n) is 2.86. The summed E-state index contributed by atoms with van der Waals surface area (Å²) in [6.45, 7) is 8.53. The van der Waals surface area contributed by atoms with E-state index in [0.717, 1.165) is 22.5 Å². The molecular formula is C14H19N3OS. The molecule has 1 saturated heterocycles. The van der Waals surface area contributed by atoms with E-state index in [0.29, 0.717) is 0 Å². The van der Waals surface area contributed by atoms with E-state index in [9.17, 15) is 0 Å². The Hall–Kier alpha value is -1.20. The van der Waals surface area contributed by atoms with Crippen LogP contribution in [-0.4, -0.2) is 27.2 Å². The van der Waals surface area contributed by atoms with E-state index < -0.39 is 0 Å². The molecule has 4 nitrogen and oxygen atoms in total. The molecule has 0 bridgehead atoms. The van der Waals surface area contributed by atoms with E-state index in [-0.39, 0.29) is 17.2 Å². The first-order valence-electron chi connectivity index (χ1n) is 6.52. The molecule has 5 heteroatoms. The van der Waals surface area contributed by atoms with Crippen LogP contribution in [0.1, 0.15) is 34.1 Å². The van der Waals surface area contributed by atoms with Crippen LogP contribution in [-0.2, 0) is 4.74 Å². The van der Waals surface area contributed by atoms with Crippen LogP contribution in [0.3, 0.4) is 0 Å². The predicted octanol–water partition coefficient (Wildman–Crippen LogP) is 3.45. The highest BCUT2D eigenvalue weighted by molar-refractivity contribution is 7.16. The van der Waals surface area contributed by atoms with E-state index in [1.54, 1.807) is 17.7 Å². The fraction of sp³-hybridized carbons (Fsp3) is 0.571. The molecule has 1 unspecified atom stereocenters. The second kappa shape index (κ2) is 4.15. The minimum Gasteiger partial charge on any atom is -0.367 e. The van der Waals surface area contributed by atoms with Crippen molar-refractivity contribution in [1.29, 1.82) is 0 Å². The summed E-state index contributed by atoms with van der Waals surface area (Å²) in [5, 5.41) is 6.68. The van der Waals surface area contributed by atoms with Gasteiger partial charge in [-0.05, 0) is 45.6 Å². The molecule has 0 spiro atoms. The van der Waals surface area contributed by atoms with Crippen molar-refractivity contribution in [3.8, 4) is 0 Å². The van der Waals surface area contributed by atoms with E-state index in [4.69, 9.17) is 4.74 Å². The molecule has 0 amide bonds. The molecule has 1 N–H and O–H groups in total. The van der Waals surface area contributed by atoms with E-state index >= 15 is 0 Å². The molecule has 1 aliphatic rings. The molecule has 2 aromatic rings. The highest BCUT2D eigenvalue weighted by Gasteiger charge is 2.46. The summed E-state index contributed by atoms with van der Waals surface area (Å²) in [5.74, 6) is 0.908. The van der Waals surface area contributed by atoms with E-state index in [1.165, 1.54) is 0 Å². The van der Waals surface area contributed by atoms with Crippen LogP contribution < -0.4 is 5.32 Å². The number of aromatic nitrogens is 2. The van der Waals surface area contributed by atoms with Crippen LogP contribution in [0.25, 0.3) is 10.2 Å². The van der Waals surface area contributed by atoms with Gasteiger partial charge in [0.05, 0.1) is 22.6 Å². The number of hydrogen-bond acceptors (Lipinski definition) is 5. The molecule has 19 heavy (non-hydrogen) atoms. The first kappa shape index (κ1) is 12.8. The van der Waals surface area contributed by atoms with E-state index in [2.05, 4.69) is 49.0 Å². The number of anilines is 1. The van der Waals surface area contributed by atoms with Crippen LogP contribution in [0, 0.1) is 0 Å². The Kier molecular flexibility index (Phi) is 2.80. The van der Waals surface area contributed by atoms with Crippen molar-refractivity contribution in [1.82, 2.24) is 9.97 Å². The number of nitrogens with zero attached hydrogens (tertiary/aromatic N) is 2. The van der Waals surface area contributed by atoms with Gasteiger partial charge in [-0.15, -0.1) is 11.3 Å². The Balaban J connectivity index is 1.91. The molecular weight excluding hydrogens is 258 g/mol. The minimum absolute atomic E-state index is 0.0953. The Bertz CT molecular complexity index is 606. The van der Waals surface area contributed by atoms with Gasteiger partial charge in [-0.2, -0.15) is 0 Å². The zero-order chi connectivity index (χ0) is 13.7. The van der Waals surface area contributed by atoms with Crippen LogP contribution in [0.15, 0.2) is 17.8 Å². The number of rotatable bonds is 2. The van der Waals surface area contributed by atoms with Crippen LogP contribution >= 0.6 is 11.3 Å². The maximum absolute atomic E-state index is 6.11. The highest BCUT2D eigenvalue weighted by Crippen LogP contribution is 2.39. The minimum atomic E-state index is -0.198. The monoisotopic (exact) mass is 277 g/mol. The summed E-state index contributed by atoms with van der Waals surface area (Å²) in [6.07, 6.45) is 2.59. The van der Waals surface area contributed by atoms with Crippen molar-refractivity contribution in [3.63, 3.8) is 0 Å². The van der Waals surface area contributed by atoms with Gasteiger partial charge in [0.15, 0.2) is 0 Å². The van der Waals surface area contributed by atoms with Crippen LogP contribution in [0.4, 0.5) is 5.82 Å². The van der Waals surface area contributed by atoms with Gasteiger partial charge in [-0.1, -0.05) is 0 Å². The zero-order valence-corrected chi connectivity index (χ0v) is 12.5. The molecule has 0 aliphatic carbocycles. The fourth-order valence-corrected chi connectivity index (χ4v) is 3.59. The lowest BCUT2D eigenvalue weighted by atomic mass is 9.94. The quantitative estimate of drug-likeness (QED) is 0.913. The summed E-state index contributed by atoms with van der Waals surface area (Å²) in [7, 11) is 0. The predicted molar refractivity (Wildman–Crippen MR) is 78.7 cm³/mol. The third-order valence-corrected chi connectivity index (χ3v) is 4.47. The third kappa shape index (κ3) is 2.32. The number of thiophene rings is 1. The summed E-state index contributed by atoms with van der Waals surface area (Å²) < 4.78 is 6.11. The standard InChI is InChI=1S/C14H19N3OS/c1-13(2)7-10(14(3,4)18-13)17-11-9-5-6-19-12(9)16-8-15-11/h5-6,8,10H,7H2,1-4H3,(H,15,16,17). The summed E-state index contributed by atoms with van der Waals surface area (Å²) in [5.41, 5.74) is -0.293. The number of nitrogens with one attached hydrogen (secondary N) is 1. The first-order valence-corrected chi connectivity index (χ1v) is 7.40. The van der Waals surface area contributed by atoms with Crippen molar-refractivity contribution >= 4 is 27.4 Å². The number of hydrogen-bond donors (Lipinski definition) is 1. The molecule has 1 aliphatic heterocycles.